The molecule has 0 rings (SSSR count). The van der Waals surface area contributed by atoms with Crippen molar-refractivity contribution in [2.24, 2.45) is 0 Å². The van der Waals surface area contributed by atoms with Gasteiger partial charge in [-0.3, -0.25) is 9.59 Å². The van der Waals surface area contributed by atoms with Crippen molar-refractivity contribution in [2.75, 3.05) is 41.0 Å². The fraction of sp³-hybridized carbons (Fsp3) is 0.796. The smallest absolute Gasteiger partial charge is 0.362 e. The lowest BCUT2D eigenvalue weighted by atomic mass is 10.0. The number of likely N-dealkylation sites (N-methyl/N-ethyl adjacent to an activating group) is 1. The Bertz CT molecular complexity index is 1150. The van der Waals surface area contributed by atoms with Crippen LogP contribution in [-0.4, -0.2) is 80.6 Å². The molecule has 0 fully saturated rings. The van der Waals surface area contributed by atoms with E-state index in [0.717, 1.165) is 64.2 Å². The largest absolute Gasteiger partial charge is 0.477 e. The third kappa shape index (κ3) is 42.6. The SMILES string of the molecule is CCCCC/C=C/C=C/C=C/C=C/CCCCCCCC(=O)OCC(COCCC(C(=O)O)[N+](C)(C)C)OC(=O)CCCCCCCCCCCCCCCCCCCCCC. The maximum Gasteiger partial charge on any atom is 0.362 e. The summed E-state index contributed by atoms with van der Waals surface area (Å²) in [5.41, 5.74) is 0. The van der Waals surface area contributed by atoms with Gasteiger partial charge in [0, 0.05) is 19.3 Å². The van der Waals surface area contributed by atoms with Crippen LogP contribution in [0.15, 0.2) is 48.6 Å². The maximum atomic E-state index is 12.8. The number of carbonyl (C=O) groups is 3. The van der Waals surface area contributed by atoms with Crippen LogP contribution in [0, 0.1) is 0 Å². The number of allylic oxidation sites excluding steroid dienone is 8. The van der Waals surface area contributed by atoms with Crippen LogP contribution in [0.3, 0.4) is 0 Å². The zero-order valence-corrected chi connectivity index (χ0v) is 41.1. The molecule has 0 saturated carbocycles. The molecule has 0 radical (unpaired) electrons. The van der Waals surface area contributed by atoms with Crippen LogP contribution in [0.5, 0.6) is 0 Å². The molecule has 62 heavy (non-hydrogen) atoms. The number of aliphatic carboxylic acids is 1. The van der Waals surface area contributed by atoms with Gasteiger partial charge in [-0.2, -0.15) is 0 Å². The lowest BCUT2D eigenvalue weighted by Crippen LogP contribution is -2.50. The molecule has 0 aliphatic heterocycles. The molecule has 0 aliphatic carbocycles. The van der Waals surface area contributed by atoms with E-state index in [1.165, 1.54) is 128 Å². The highest BCUT2D eigenvalue weighted by Crippen LogP contribution is 2.16. The molecule has 0 aromatic rings. The van der Waals surface area contributed by atoms with Crippen molar-refractivity contribution in [3.8, 4) is 0 Å². The lowest BCUT2D eigenvalue weighted by molar-refractivity contribution is -0.887. The van der Waals surface area contributed by atoms with Crippen molar-refractivity contribution < 1.29 is 38.2 Å². The first-order valence-corrected chi connectivity index (χ1v) is 25.7. The average Bonchev–Trinajstić information content (AvgIpc) is 3.23. The Morgan fingerprint density at radius 3 is 1.29 bits per heavy atom. The number of carbonyl (C=O) groups excluding carboxylic acids is 2. The molecule has 0 aromatic carbocycles. The van der Waals surface area contributed by atoms with E-state index in [1.54, 1.807) is 0 Å². The van der Waals surface area contributed by atoms with Gasteiger partial charge < -0.3 is 23.8 Å². The molecule has 0 amide bonds. The van der Waals surface area contributed by atoms with Gasteiger partial charge in [0.05, 0.1) is 34.4 Å². The molecule has 1 N–H and O–H groups in total. The van der Waals surface area contributed by atoms with Crippen molar-refractivity contribution in [3.05, 3.63) is 48.6 Å². The number of hydrogen-bond acceptors (Lipinski definition) is 6. The molecule has 2 unspecified atom stereocenters. The molecule has 360 valence electrons. The number of rotatable bonds is 46. The summed E-state index contributed by atoms with van der Waals surface area (Å²) in [6.45, 7) is 4.70. The number of carboxylic acids is 1. The van der Waals surface area contributed by atoms with E-state index in [-0.39, 0.29) is 36.2 Å². The average molecular weight is 873 g/mol. The summed E-state index contributed by atoms with van der Waals surface area (Å²) < 4.78 is 17.3. The van der Waals surface area contributed by atoms with Gasteiger partial charge in [-0.05, 0) is 38.5 Å². The molecule has 0 aromatic heterocycles. The molecule has 8 heteroatoms. The fourth-order valence-electron chi connectivity index (χ4n) is 7.58. The topological polar surface area (TPSA) is 99.1 Å². The summed E-state index contributed by atoms with van der Waals surface area (Å²) in [5, 5.41) is 9.65. The van der Waals surface area contributed by atoms with Crippen LogP contribution >= 0.6 is 0 Å². The first kappa shape index (κ1) is 59.3. The third-order valence-electron chi connectivity index (χ3n) is 11.6. The van der Waals surface area contributed by atoms with Crippen LogP contribution in [0.25, 0.3) is 0 Å². The number of ether oxygens (including phenoxy) is 3. The van der Waals surface area contributed by atoms with Crippen molar-refractivity contribution in [1.29, 1.82) is 0 Å². The number of carboxylic acid groups (broad SMARTS) is 1. The zero-order valence-electron chi connectivity index (χ0n) is 41.1. The van der Waals surface area contributed by atoms with Gasteiger partial charge in [-0.15, -0.1) is 0 Å². The van der Waals surface area contributed by atoms with Gasteiger partial charge in [0.15, 0.2) is 12.1 Å². The normalized spacial score (nSPS) is 13.2. The molecule has 0 heterocycles. The number of nitrogens with zero attached hydrogens (tertiary/aromatic N) is 1. The number of esters is 2. The van der Waals surface area contributed by atoms with E-state index in [4.69, 9.17) is 14.2 Å². The van der Waals surface area contributed by atoms with Crippen molar-refractivity contribution in [3.63, 3.8) is 0 Å². The van der Waals surface area contributed by atoms with Crippen LogP contribution < -0.4 is 0 Å². The van der Waals surface area contributed by atoms with Crippen LogP contribution in [0.4, 0.5) is 0 Å². The second kappa shape index (κ2) is 44.9. The minimum Gasteiger partial charge on any atom is -0.477 e. The summed E-state index contributed by atoms with van der Waals surface area (Å²) in [7, 11) is 5.53. The van der Waals surface area contributed by atoms with Gasteiger partial charge in [0.25, 0.3) is 0 Å². The van der Waals surface area contributed by atoms with Gasteiger partial charge >= 0.3 is 17.9 Å². The number of quaternary nitrogens is 1. The Balaban J connectivity index is 4.28. The molecular weight excluding hydrogens is 775 g/mol. The Hall–Kier alpha value is -2.71. The maximum absolute atomic E-state index is 12.8. The van der Waals surface area contributed by atoms with E-state index in [9.17, 15) is 19.5 Å². The van der Waals surface area contributed by atoms with E-state index in [1.807, 2.05) is 21.1 Å². The van der Waals surface area contributed by atoms with E-state index in [0.29, 0.717) is 19.3 Å². The highest BCUT2D eigenvalue weighted by molar-refractivity contribution is 5.72. The minimum absolute atomic E-state index is 0.0548. The predicted octanol–water partition coefficient (Wildman–Crippen LogP) is 14.8. The van der Waals surface area contributed by atoms with Crippen molar-refractivity contribution in [1.82, 2.24) is 0 Å². The highest BCUT2D eigenvalue weighted by atomic mass is 16.6. The van der Waals surface area contributed by atoms with Gasteiger partial charge in [-0.1, -0.05) is 217 Å². The van der Waals surface area contributed by atoms with Gasteiger partial charge in [-0.25, -0.2) is 4.79 Å². The number of hydrogen-bond donors (Lipinski definition) is 1. The third-order valence-corrected chi connectivity index (χ3v) is 11.6. The molecule has 8 nitrogen and oxygen atoms in total. The summed E-state index contributed by atoms with van der Waals surface area (Å²) in [6.07, 6.45) is 54.4. The fourth-order valence-corrected chi connectivity index (χ4v) is 7.58. The van der Waals surface area contributed by atoms with E-state index < -0.39 is 18.1 Å². The van der Waals surface area contributed by atoms with Crippen molar-refractivity contribution >= 4 is 17.9 Å². The first-order valence-electron chi connectivity index (χ1n) is 25.7. The quantitative estimate of drug-likeness (QED) is 0.0281. The zero-order chi connectivity index (χ0) is 45.6. The van der Waals surface area contributed by atoms with Gasteiger partial charge in [0.2, 0.25) is 0 Å². The summed E-state index contributed by atoms with van der Waals surface area (Å²) in [5.74, 6) is -1.49. The van der Waals surface area contributed by atoms with Crippen LogP contribution in [-0.2, 0) is 28.6 Å². The van der Waals surface area contributed by atoms with Gasteiger partial charge in [0.1, 0.15) is 6.61 Å². The molecule has 0 saturated heterocycles. The molecule has 2 atom stereocenters. The number of unbranched alkanes of at least 4 members (excludes halogenated alkanes) is 27. The first-order chi connectivity index (χ1) is 30.1. The Labute approximate surface area is 382 Å². The highest BCUT2D eigenvalue weighted by Gasteiger charge is 2.31. The Morgan fingerprint density at radius 2 is 0.855 bits per heavy atom. The van der Waals surface area contributed by atoms with E-state index in [2.05, 4.69) is 62.5 Å². The van der Waals surface area contributed by atoms with E-state index >= 15 is 0 Å². The second-order valence-corrected chi connectivity index (χ2v) is 18.5. The molecular formula is C54H98NO7+. The van der Waals surface area contributed by atoms with Crippen molar-refractivity contribution in [2.45, 2.75) is 238 Å². The molecule has 0 bridgehead atoms. The Kier molecular flexibility index (Phi) is 42.9. The monoisotopic (exact) mass is 873 g/mol. The summed E-state index contributed by atoms with van der Waals surface area (Å²) in [4.78, 5) is 37.1. The Morgan fingerprint density at radius 1 is 0.484 bits per heavy atom. The molecule has 0 spiro atoms. The van der Waals surface area contributed by atoms with Crippen LogP contribution in [0.1, 0.15) is 226 Å². The lowest BCUT2D eigenvalue weighted by Gasteiger charge is -2.31. The predicted molar refractivity (Wildman–Crippen MR) is 261 cm³/mol. The minimum atomic E-state index is -0.877. The summed E-state index contributed by atoms with van der Waals surface area (Å²) in [6, 6.07) is -0.619. The summed E-state index contributed by atoms with van der Waals surface area (Å²) >= 11 is 0. The second-order valence-electron chi connectivity index (χ2n) is 18.5. The standard InChI is InChI=1S/C54H97NO7/c1-6-8-10-12-14-16-18-20-22-24-26-27-29-31-33-35-37-39-41-43-45-53(57)62-50(48-60-47-46-51(54(58)59)55(3,4)5)49-61-52(56)44-42-40-38-36-34-32-30-28-25-23-21-19-17-15-13-11-9-7-2/h15,17,19,21,23,25,28,30,50-51H,6-14,16,18,20,22,24,26-27,29,31-49H2,1-5H3/p+1/b17-15+,21-19+,25-23+,30-28+. The van der Waals surface area contributed by atoms with Crippen LogP contribution in [0.2, 0.25) is 0 Å². The molecule has 0 aliphatic rings.